The molecule has 2 aromatic carbocycles. The summed E-state index contributed by atoms with van der Waals surface area (Å²) < 4.78 is 46.2. The number of piperidine rings is 1. The molecule has 0 spiro atoms. The molecule has 1 aromatic heterocycles. The van der Waals surface area contributed by atoms with Gasteiger partial charge in [-0.15, -0.1) is 0 Å². The average Bonchev–Trinajstić information content (AvgIpc) is 3.36. The SMILES string of the molecule is Cc1cc(N2CCC(N(C(=O)N(C)C3CCc4ccc(OC(=O)O)cc43)c3cc(C(F)(F)F)ccc3Cl)CC2)cc(C)n1. The number of carboxylic acid groups (broad SMARTS) is 1. The Morgan fingerprint density at radius 3 is 2.33 bits per heavy atom. The highest BCUT2D eigenvalue weighted by atomic mass is 35.5. The Bertz CT molecular complexity index is 1520. The van der Waals surface area contributed by atoms with Crippen LogP contribution in [0.2, 0.25) is 5.02 Å². The van der Waals surface area contributed by atoms with Crippen LogP contribution >= 0.6 is 11.6 Å². The minimum atomic E-state index is -4.62. The number of hydrogen-bond donors (Lipinski definition) is 1. The molecule has 1 atom stereocenters. The normalized spacial score (nSPS) is 17.0. The Kier molecular flexibility index (Phi) is 8.47. The predicted molar refractivity (Wildman–Crippen MR) is 157 cm³/mol. The summed E-state index contributed by atoms with van der Waals surface area (Å²) in [5.41, 5.74) is 3.58. The van der Waals surface area contributed by atoms with Gasteiger partial charge < -0.3 is 19.6 Å². The fourth-order valence-corrected chi connectivity index (χ4v) is 6.34. The van der Waals surface area contributed by atoms with E-state index in [0.717, 1.165) is 40.3 Å². The number of amides is 2. The molecule has 0 saturated carbocycles. The lowest BCUT2D eigenvalue weighted by Gasteiger charge is -2.42. The molecular weight excluding hydrogens is 585 g/mol. The molecule has 8 nitrogen and oxygen atoms in total. The molecule has 3 aromatic rings. The smallest absolute Gasteiger partial charge is 0.449 e. The summed E-state index contributed by atoms with van der Waals surface area (Å²) >= 11 is 6.51. The van der Waals surface area contributed by atoms with Crippen LogP contribution in [0.5, 0.6) is 5.75 Å². The number of halogens is 4. The van der Waals surface area contributed by atoms with Crippen LogP contribution < -0.4 is 14.5 Å². The third kappa shape index (κ3) is 6.51. The van der Waals surface area contributed by atoms with Crippen LogP contribution in [0, 0.1) is 13.8 Å². The molecule has 43 heavy (non-hydrogen) atoms. The highest BCUT2D eigenvalue weighted by Crippen LogP contribution is 2.41. The van der Waals surface area contributed by atoms with Crippen LogP contribution in [0.3, 0.4) is 0 Å². The van der Waals surface area contributed by atoms with Gasteiger partial charge in [-0.3, -0.25) is 9.88 Å². The van der Waals surface area contributed by atoms with Gasteiger partial charge >= 0.3 is 18.4 Å². The number of carbonyl (C=O) groups is 2. The minimum Gasteiger partial charge on any atom is -0.449 e. The maximum absolute atomic E-state index is 14.3. The van der Waals surface area contributed by atoms with E-state index in [9.17, 15) is 22.8 Å². The summed E-state index contributed by atoms with van der Waals surface area (Å²) in [6, 6.07) is 10.6. The Balaban J connectivity index is 1.47. The molecule has 2 amide bonds. The zero-order chi connectivity index (χ0) is 31.1. The summed E-state index contributed by atoms with van der Waals surface area (Å²) in [5.74, 6) is 0.130. The largest absolute Gasteiger partial charge is 0.511 e. The van der Waals surface area contributed by atoms with Crippen molar-refractivity contribution in [3.05, 3.63) is 81.6 Å². The van der Waals surface area contributed by atoms with Gasteiger partial charge in [-0.2, -0.15) is 13.2 Å². The van der Waals surface area contributed by atoms with Crippen molar-refractivity contribution in [3.8, 4) is 5.75 Å². The topological polar surface area (TPSA) is 86.2 Å². The van der Waals surface area contributed by atoms with E-state index >= 15 is 0 Å². The van der Waals surface area contributed by atoms with Crippen molar-refractivity contribution in [2.24, 2.45) is 0 Å². The lowest BCUT2D eigenvalue weighted by atomic mass is 10.0. The van der Waals surface area contributed by atoms with Gasteiger partial charge in [-0.1, -0.05) is 17.7 Å². The molecule has 1 N–H and O–H groups in total. The highest BCUT2D eigenvalue weighted by molar-refractivity contribution is 6.33. The van der Waals surface area contributed by atoms with Gasteiger partial charge in [-0.05, 0) is 93.1 Å². The van der Waals surface area contributed by atoms with E-state index in [4.69, 9.17) is 21.4 Å². The number of carbonyl (C=O) groups excluding carboxylic acids is 1. The molecule has 1 saturated heterocycles. The summed E-state index contributed by atoms with van der Waals surface area (Å²) in [4.78, 5) is 35.0. The number of hydrogen-bond acceptors (Lipinski definition) is 5. The Morgan fingerprint density at radius 2 is 1.70 bits per heavy atom. The second-order valence-corrected chi connectivity index (χ2v) is 11.4. The van der Waals surface area contributed by atoms with Gasteiger partial charge in [0.15, 0.2) is 0 Å². The van der Waals surface area contributed by atoms with Gasteiger partial charge in [0.2, 0.25) is 0 Å². The van der Waals surface area contributed by atoms with Crippen LogP contribution in [0.4, 0.5) is 34.1 Å². The van der Waals surface area contributed by atoms with E-state index in [2.05, 4.69) is 9.88 Å². The monoisotopic (exact) mass is 616 g/mol. The number of ether oxygens (including phenoxy) is 1. The van der Waals surface area contributed by atoms with Crippen molar-refractivity contribution in [1.29, 1.82) is 0 Å². The van der Waals surface area contributed by atoms with Crippen molar-refractivity contribution in [1.82, 2.24) is 9.88 Å². The highest BCUT2D eigenvalue weighted by Gasteiger charge is 2.38. The number of benzene rings is 2. The number of nitrogens with zero attached hydrogens (tertiary/aromatic N) is 4. The lowest BCUT2D eigenvalue weighted by molar-refractivity contribution is -0.137. The molecule has 0 bridgehead atoms. The summed E-state index contributed by atoms with van der Waals surface area (Å²) in [6.45, 7) is 5.01. The van der Waals surface area contributed by atoms with Crippen molar-refractivity contribution >= 4 is 35.2 Å². The van der Waals surface area contributed by atoms with Crippen molar-refractivity contribution < 1.29 is 32.6 Å². The number of fused-ring (bicyclic) bond motifs is 1. The number of urea groups is 1. The van der Waals surface area contributed by atoms with Gasteiger partial charge in [0.05, 0.1) is 22.3 Å². The molecule has 12 heteroatoms. The van der Waals surface area contributed by atoms with Crippen molar-refractivity contribution in [3.63, 3.8) is 0 Å². The van der Waals surface area contributed by atoms with Crippen LogP contribution in [0.25, 0.3) is 0 Å². The van der Waals surface area contributed by atoms with E-state index in [1.165, 1.54) is 15.9 Å². The van der Waals surface area contributed by atoms with Crippen molar-refractivity contribution in [2.75, 3.05) is 29.9 Å². The molecule has 1 aliphatic carbocycles. The Morgan fingerprint density at radius 1 is 1.02 bits per heavy atom. The second-order valence-electron chi connectivity index (χ2n) is 11.0. The van der Waals surface area contributed by atoms with Gasteiger partial charge in [0.1, 0.15) is 5.75 Å². The van der Waals surface area contributed by atoms with E-state index in [1.807, 2.05) is 26.0 Å². The fourth-order valence-electron chi connectivity index (χ4n) is 6.14. The molecule has 5 rings (SSSR count). The third-order valence-electron chi connectivity index (χ3n) is 8.14. The first-order chi connectivity index (χ1) is 20.3. The Labute approximate surface area is 252 Å². The molecule has 2 heterocycles. The zero-order valence-corrected chi connectivity index (χ0v) is 24.7. The summed E-state index contributed by atoms with van der Waals surface area (Å²) in [5, 5.41) is 9.10. The van der Waals surface area contributed by atoms with Crippen molar-refractivity contribution in [2.45, 2.75) is 57.8 Å². The maximum atomic E-state index is 14.3. The first-order valence-corrected chi connectivity index (χ1v) is 14.4. The lowest BCUT2D eigenvalue weighted by Crippen LogP contribution is -2.52. The molecular formula is C31H32ClF3N4O4. The van der Waals surface area contributed by atoms with Gasteiger partial charge in [0, 0.05) is 43.3 Å². The summed E-state index contributed by atoms with van der Waals surface area (Å²) in [7, 11) is 1.61. The quantitative estimate of drug-likeness (QED) is 0.234. The first kappa shape index (κ1) is 30.5. The zero-order valence-electron chi connectivity index (χ0n) is 24.0. The minimum absolute atomic E-state index is 0.00331. The Hall–Kier alpha value is -3.99. The average molecular weight is 617 g/mol. The number of alkyl halides is 3. The van der Waals surface area contributed by atoms with Crippen LogP contribution in [0.15, 0.2) is 48.5 Å². The third-order valence-corrected chi connectivity index (χ3v) is 8.46. The van der Waals surface area contributed by atoms with E-state index in [1.54, 1.807) is 25.2 Å². The second kappa shape index (κ2) is 11.9. The molecule has 1 aliphatic heterocycles. The summed E-state index contributed by atoms with van der Waals surface area (Å²) in [6.07, 6.45) is -3.84. The number of anilines is 2. The number of aromatic nitrogens is 1. The molecule has 228 valence electrons. The predicted octanol–water partition coefficient (Wildman–Crippen LogP) is 7.64. The number of rotatable bonds is 5. The van der Waals surface area contributed by atoms with E-state index in [0.29, 0.717) is 38.8 Å². The van der Waals surface area contributed by atoms with Gasteiger partial charge in [0.25, 0.3) is 0 Å². The van der Waals surface area contributed by atoms with Crippen LogP contribution in [0.1, 0.15) is 53.4 Å². The fraction of sp³-hybridized carbons (Fsp3) is 0.387. The van der Waals surface area contributed by atoms with E-state index < -0.39 is 36.0 Å². The molecule has 0 radical (unpaired) electrons. The molecule has 1 unspecified atom stereocenters. The van der Waals surface area contributed by atoms with E-state index in [-0.39, 0.29) is 16.5 Å². The first-order valence-electron chi connectivity index (χ1n) is 14.0. The standard InChI is InChI=1S/C31H32ClF3N4O4/c1-18-14-23(15-19(2)36-18)38-12-10-22(11-13-38)39(28-16-21(31(33,34)35)6-8-26(28)32)29(40)37(3)27-9-5-20-4-7-24(17-25(20)27)43-30(41)42/h4,6-8,14-17,22,27H,5,9-13H2,1-3H3,(H,41,42). The number of aryl methyl sites for hydroxylation is 3. The molecule has 1 fully saturated rings. The van der Waals surface area contributed by atoms with Crippen LogP contribution in [-0.2, 0) is 12.6 Å². The van der Waals surface area contributed by atoms with Crippen LogP contribution in [-0.4, -0.2) is 53.4 Å². The van der Waals surface area contributed by atoms with Gasteiger partial charge in [-0.25, -0.2) is 9.59 Å². The molecule has 2 aliphatic rings. The number of pyridine rings is 1. The maximum Gasteiger partial charge on any atom is 0.511 e.